The first-order valence-corrected chi connectivity index (χ1v) is 38.3. The molecule has 6 rings (SSSR count). The summed E-state index contributed by atoms with van der Waals surface area (Å²) in [7, 11) is 0.974. The highest BCUT2D eigenvalue weighted by Gasteiger charge is 2.43. The number of nitrogens with zero attached hydrogens (tertiary/aromatic N) is 1. The highest BCUT2D eigenvalue weighted by molar-refractivity contribution is 6.02. The number of guanidine groups is 1. The third kappa shape index (κ3) is 29.2. The summed E-state index contributed by atoms with van der Waals surface area (Å²) in [5.74, 6) is -22.5. The summed E-state index contributed by atoms with van der Waals surface area (Å²) in [6, 6.07) is -7.61. The maximum absolute atomic E-state index is 15.3. The standard InChI is InChI=1S/C76H104N18O26/c1-36(82-70(113)58(37(2)96)83-39(4)98)62(105)92-59(38(3)97)71(114)86-48(15-10-28-80-76(77)78)63(106)84-47-14-8-9-27-79-73(116)61(104)60(72(115)90-53(75(118)119)31-41-19-23-44(100)24-20-41)93-65(108)49(25-26-57(103)120-5)85-66(109)50(32-42-34-81-46-13-7-6-12-45(42)46)87-67(110)51(33-56(101)102)88-68(111)54(35-95)91-69(112)55-16-11-29-94(55)74(117)52(89-64(47)107)30-40-17-21-43(99)22-18-40/h6-7,12-13,17-24,34,36-38,47-55,58-61,81,95-97,99-100,104H,8-11,14-16,25-33,35H2,1-5H3,(H,79,116)(H,82,113)(H,83,98)(H,84,106)(H,85,109)(H,86,114)(H,87,110)(H,88,111)(H,89,107)(H,90,115)(H,91,112)(H,92,105)(H,93,108)(H,101,102)(H,118,119)(H4,77,78,80). The maximum Gasteiger partial charge on any atom is 0.326 e. The number of nitrogens with one attached hydrogen (secondary N) is 16. The molecule has 120 heavy (non-hydrogen) atoms. The smallest absolute Gasteiger partial charge is 0.326 e. The van der Waals surface area contributed by atoms with Crippen LogP contribution in [0.2, 0.25) is 0 Å². The fraction of sp³-hybridized carbons (Fsp3) is 0.500. The van der Waals surface area contributed by atoms with E-state index in [-0.39, 0.29) is 74.2 Å². The summed E-state index contributed by atoms with van der Waals surface area (Å²) in [5.41, 5.74) is 6.83. The Balaban J connectivity index is 1.45. The van der Waals surface area contributed by atoms with Crippen molar-refractivity contribution in [3.8, 4) is 11.5 Å². The largest absolute Gasteiger partial charge is 0.508 e. The fourth-order valence-electron chi connectivity index (χ4n) is 13.0. The van der Waals surface area contributed by atoms with E-state index in [4.69, 9.17) is 15.9 Å². The van der Waals surface area contributed by atoms with E-state index in [1.165, 1.54) is 61.7 Å². The molecule has 0 spiro atoms. The van der Waals surface area contributed by atoms with Crippen molar-refractivity contribution in [1.82, 2.24) is 84.3 Å². The minimum atomic E-state index is -2.72. The molecule has 26 N–H and O–H groups in total. The number of aliphatic hydroxyl groups excluding tert-OH is 4. The number of carbonyl (C=O) groups excluding carboxylic acids is 15. The van der Waals surface area contributed by atoms with E-state index in [2.05, 4.69) is 79.4 Å². The minimum Gasteiger partial charge on any atom is -0.508 e. The van der Waals surface area contributed by atoms with Crippen LogP contribution in [0.1, 0.15) is 109 Å². The normalized spacial score (nSPS) is 21.9. The van der Waals surface area contributed by atoms with Crippen molar-refractivity contribution < 1.29 is 127 Å². The molecule has 44 heteroatoms. The number of aromatic amines is 1. The molecule has 4 aromatic rings. The highest BCUT2D eigenvalue weighted by Crippen LogP contribution is 2.24. The number of nitrogens with two attached hydrogens (primary N) is 1. The molecule has 0 radical (unpaired) electrons. The number of fused-ring (bicyclic) bond motifs is 2. The Kier molecular flexibility index (Phi) is 36.8. The summed E-state index contributed by atoms with van der Waals surface area (Å²) in [4.78, 5) is 243. The molecule has 16 atom stereocenters. The molecular formula is C76H104N18O26. The van der Waals surface area contributed by atoms with Crippen LogP contribution in [0, 0.1) is 5.41 Å². The van der Waals surface area contributed by atoms with Gasteiger partial charge in [-0.1, -0.05) is 42.5 Å². The molecule has 2 fully saturated rings. The second-order valence-electron chi connectivity index (χ2n) is 28.8. The number of aliphatic carboxylic acids is 2. The number of ether oxygens (including phenoxy) is 1. The first-order valence-electron chi connectivity index (χ1n) is 38.3. The lowest BCUT2D eigenvalue weighted by atomic mass is 10.0. The van der Waals surface area contributed by atoms with Crippen LogP contribution in [-0.2, 0) is 106 Å². The van der Waals surface area contributed by atoms with E-state index in [0.29, 0.717) is 16.5 Å². The van der Waals surface area contributed by atoms with Crippen molar-refractivity contribution in [2.75, 3.05) is 33.4 Å². The van der Waals surface area contributed by atoms with Gasteiger partial charge in [-0.05, 0) is 119 Å². The summed E-state index contributed by atoms with van der Waals surface area (Å²) in [5, 5.41) is 126. The molecule has 3 aromatic carbocycles. The highest BCUT2D eigenvalue weighted by atomic mass is 16.5. The first kappa shape index (κ1) is 95.7. The summed E-state index contributed by atoms with van der Waals surface area (Å²) in [6.45, 7) is 2.40. The second-order valence-corrected chi connectivity index (χ2v) is 28.8. The zero-order valence-corrected chi connectivity index (χ0v) is 66.2. The topological polar surface area (TPSA) is 699 Å². The van der Waals surface area contributed by atoms with E-state index in [9.17, 15) is 113 Å². The van der Waals surface area contributed by atoms with Crippen LogP contribution in [0.15, 0.2) is 79.0 Å². The molecule has 44 nitrogen and oxygen atoms in total. The molecule has 3 heterocycles. The van der Waals surface area contributed by atoms with Crippen molar-refractivity contribution in [2.24, 2.45) is 5.73 Å². The summed E-state index contributed by atoms with van der Waals surface area (Å²) in [6.07, 6.45) is -10.1. The molecule has 1 aromatic heterocycles. The van der Waals surface area contributed by atoms with Gasteiger partial charge in [0.25, 0.3) is 5.91 Å². The van der Waals surface area contributed by atoms with Gasteiger partial charge in [-0.25, -0.2) is 4.79 Å². The lowest BCUT2D eigenvalue weighted by molar-refractivity contribution is -0.145. The number of hydrogen-bond donors (Lipinski definition) is 25. The molecule has 654 valence electrons. The van der Waals surface area contributed by atoms with Crippen molar-refractivity contribution in [2.45, 2.75) is 208 Å². The predicted octanol–water partition coefficient (Wildman–Crippen LogP) is -7.35. The van der Waals surface area contributed by atoms with Crippen molar-refractivity contribution >= 4 is 117 Å². The molecule has 14 amide bonds. The molecule has 2 aliphatic heterocycles. The Morgan fingerprint density at radius 3 is 1.82 bits per heavy atom. The number of aliphatic hydroxyl groups is 4. The van der Waals surface area contributed by atoms with Gasteiger partial charge in [0, 0.05) is 69.3 Å². The molecule has 16 unspecified atom stereocenters. The molecule has 2 saturated heterocycles. The number of methoxy groups -OCH3 is 1. The first-order chi connectivity index (χ1) is 56.8. The SMILES string of the molecule is COC(=O)CCC1NC(=O)C(Cc2c[nH]c3ccccc23)NC(=O)C(CC(=O)O)NC(=O)C(CO)NC(=O)C2CCCN2C(=O)C(Cc2ccc(O)cc2)NC(=O)C(NC(=O)C(CCCNC(=N)N)NC(=O)C(NC(=O)C(C)NC(=O)C(NC(C)=O)C(C)O)C(C)O)CCCCNC(=O)C(O)C(C(=O)NC(Cc2ccc(O)cc2)C(=O)O)NC1=O. The van der Waals surface area contributed by atoms with Gasteiger partial charge in [0.15, 0.2) is 12.1 Å². The van der Waals surface area contributed by atoms with Gasteiger partial charge in [0.1, 0.15) is 90.0 Å². The average Bonchev–Trinajstić information content (AvgIpc) is 1.61. The maximum atomic E-state index is 15.3. The molecule has 2 aliphatic rings. The lowest BCUT2D eigenvalue weighted by Gasteiger charge is -2.31. The number of rotatable bonds is 30. The fourth-order valence-corrected chi connectivity index (χ4v) is 13.0. The van der Waals surface area contributed by atoms with E-state index in [1.807, 2.05) is 0 Å². The van der Waals surface area contributed by atoms with Gasteiger partial charge in [0.05, 0.1) is 32.3 Å². The Bertz CT molecular complexity index is 4350. The molecular weight excluding hydrogens is 1580 g/mol. The molecule has 0 bridgehead atoms. The van der Waals surface area contributed by atoms with Crippen LogP contribution in [0.4, 0.5) is 0 Å². The Morgan fingerprint density at radius 1 is 0.625 bits per heavy atom. The number of H-pyrrole nitrogens is 1. The lowest BCUT2D eigenvalue weighted by Crippen LogP contribution is -2.63. The van der Waals surface area contributed by atoms with Crippen LogP contribution >= 0.6 is 0 Å². The summed E-state index contributed by atoms with van der Waals surface area (Å²) >= 11 is 0. The zero-order valence-electron chi connectivity index (χ0n) is 66.2. The Hall–Kier alpha value is -13.1. The number of para-hydroxylation sites is 1. The van der Waals surface area contributed by atoms with Gasteiger partial charge in [-0.2, -0.15) is 0 Å². The van der Waals surface area contributed by atoms with Crippen LogP contribution in [0.3, 0.4) is 0 Å². The number of aromatic hydroxyl groups is 2. The number of carboxylic acid groups (broad SMARTS) is 2. The Morgan fingerprint density at radius 2 is 1.21 bits per heavy atom. The minimum absolute atomic E-state index is 0.0897. The number of phenolic OH excluding ortho intramolecular Hbond substituents is 2. The third-order valence-corrected chi connectivity index (χ3v) is 19.4. The number of hydrogen-bond acceptors (Lipinski definition) is 25. The number of aromatic nitrogens is 1. The quantitative estimate of drug-likeness (QED) is 0.00998. The van der Waals surface area contributed by atoms with Crippen LogP contribution in [-0.4, -0.2) is 288 Å². The van der Waals surface area contributed by atoms with Crippen LogP contribution < -0.4 is 80.2 Å². The summed E-state index contributed by atoms with van der Waals surface area (Å²) < 4.78 is 4.79. The van der Waals surface area contributed by atoms with Gasteiger partial charge in [-0.3, -0.25) is 82.1 Å². The van der Waals surface area contributed by atoms with Crippen LogP contribution in [0.25, 0.3) is 10.9 Å². The zero-order chi connectivity index (χ0) is 88.8. The number of carbonyl (C=O) groups is 17. The number of benzene rings is 3. The number of phenols is 2. The van der Waals surface area contributed by atoms with E-state index in [0.717, 1.165) is 32.8 Å². The monoisotopic (exact) mass is 1680 g/mol. The van der Waals surface area contributed by atoms with E-state index < -0.39 is 262 Å². The number of amides is 14. The van der Waals surface area contributed by atoms with Gasteiger partial charge in [0.2, 0.25) is 76.8 Å². The van der Waals surface area contributed by atoms with Crippen LogP contribution in [0.5, 0.6) is 11.5 Å². The van der Waals surface area contributed by atoms with Crippen molar-refractivity contribution in [3.63, 3.8) is 0 Å². The second kappa shape index (κ2) is 46.2. The molecule has 0 saturated carbocycles. The van der Waals surface area contributed by atoms with Crippen molar-refractivity contribution in [1.29, 1.82) is 5.41 Å². The van der Waals surface area contributed by atoms with E-state index in [1.54, 1.807) is 24.3 Å². The number of carboxylic acids is 2. The predicted molar refractivity (Wildman–Crippen MR) is 418 cm³/mol. The third-order valence-electron chi connectivity index (χ3n) is 19.4. The average molecular weight is 1690 g/mol. The number of esters is 1. The van der Waals surface area contributed by atoms with E-state index >= 15 is 9.59 Å². The van der Waals surface area contributed by atoms with Gasteiger partial charge in [-0.15, -0.1) is 0 Å². The van der Waals surface area contributed by atoms with Gasteiger partial charge >= 0.3 is 17.9 Å². The molecule has 0 aliphatic carbocycles. The van der Waals surface area contributed by atoms with Gasteiger partial charge < -0.3 is 136 Å². The Labute approximate surface area is 686 Å². The van der Waals surface area contributed by atoms with Crippen molar-refractivity contribution in [3.05, 3.63) is 95.7 Å².